The molecule has 0 aromatic heterocycles. The van der Waals surface area contributed by atoms with Gasteiger partial charge in [-0.25, -0.2) is 0 Å². The van der Waals surface area contributed by atoms with E-state index in [-0.39, 0.29) is 0 Å². The molecule has 1 aromatic rings. The standard InChI is InChI=1S/C7H4N.3C4H9.Sn/c8-6-7-4-2-1-3-5-7;3*1-3-4-2;/h1-4H;3*1,3-4H2,2H3;. The van der Waals surface area contributed by atoms with E-state index in [0.717, 1.165) is 5.56 Å². The molecule has 1 aromatic carbocycles. The maximum atomic E-state index is 9.54. The number of hydrogen-bond acceptors (Lipinski definition) is 1. The molecule has 21 heavy (non-hydrogen) atoms. The second-order valence-corrected chi connectivity index (χ2v) is 19.4. The zero-order valence-electron chi connectivity index (χ0n) is 14.1. The van der Waals surface area contributed by atoms with Gasteiger partial charge >= 0.3 is 136 Å². The van der Waals surface area contributed by atoms with Gasteiger partial charge in [-0.3, -0.25) is 0 Å². The Balaban J connectivity index is 3.20. The molecule has 0 bridgehead atoms. The molecule has 0 radical (unpaired) electrons. The Hall–Kier alpha value is -0.491. The van der Waals surface area contributed by atoms with E-state index in [1.807, 2.05) is 12.1 Å². The van der Waals surface area contributed by atoms with Gasteiger partial charge in [-0.1, -0.05) is 0 Å². The third kappa shape index (κ3) is 5.33. The predicted octanol–water partition coefficient (Wildman–Crippen LogP) is 5.61. The number of rotatable bonds is 10. The fraction of sp³-hybridized carbons (Fsp3) is 0.632. The summed E-state index contributed by atoms with van der Waals surface area (Å²) in [7, 11) is 0. The van der Waals surface area contributed by atoms with Crippen molar-refractivity contribution in [1.82, 2.24) is 0 Å². The van der Waals surface area contributed by atoms with Gasteiger partial charge < -0.3 is 0 Å². The van der Waals surface area contributed by atoms with Crippen LogP contribution in [0.25, 0.3) is 0 Å². The van der Waals surface area contributed by atoms with E-state index in [1.165, 1.54) is 55.4 Å². The minimum atomic E-state index is -2.41. The summed E-state index contributed by atoms with van der Waals surface area (Å²) in [6.45, 7) is 6.89. The van der Waals surface area contributed by atoms with Crippen LogP contribution in [-0.2, 0) is 0 Å². The van der Waals surface area contributed by atoms with E-state index < -0.39 is 18.4 Å². The fourth-order valence-corrected chi connectivity index (χ4v) is 19.9. The monoisotopic (exact) mass is 393 g/mol. The summed E-state index contributed by atoms with van der Waals surface area (Å²) in [4.78, 5) is 0. The van der Waals surface area contributed by atoms with Gasteiger partial charge in [-0.15, -0.1) is 0 Å². The number of hydrogen-bond donors (Lipinski definition) is 0. The Morgan fingerprint density at radius 3 is 1.76 bits per heavy atom. The van der Waals surface area contributed by atoms with Crippen LogP contribution in [0.1, 0.15) is 64.9 Å². The normalized spacial score (nSPS) is 11.3. The first-order chi connectivity index (χ1) is 10.2. The van der Waals surface area contributed by atoms with Gasteiger partial charge in [0.05, 0.1) is 0 Å². The van der Waals surface area contributed by atoms with Gasteiger partial charge in [0.2, 0.25) is 0 Å². The number of benzene rings is 1. The van der Waals surface area contributed by atoms with Crippen molar-refractivity contribution in [2.45, 2.75) is 72.6 Å². The molecule has 0 saturated heterocycles. The van der Waals surface area contributed by atoms with Crippen LogP contribution in [0.5, 0.6) is 0 Å². The van der Waals surface area contributed by atoms with Gasteiger partial charge in [0, 0.05) is 0 Å². The zero-order valence-corrected chi connectivity index (χ0v) is 17.0. The Morgan fingerprint density at radius 2 is 1.33 bits per heavy atom. The molecule has 0 aliphatic heterocycles. The second kappa shape index (κ2) is 10.3. The summed E-state index contributed by atoms with van der Waals surface area (Å²) in [5, 5.41) is 9.54. The molecule has 0 saturated carbocycles. The van der Waals surface area contributed by atoms with Crippen LogP contribution < -0.4 is 3.58 Å². The number of unbranched alkanes of at least 4 members (excludes halogenated alkanes) is 3. The molecule has 0 unspecified atom stereocenters. The van der Waals surface area contributed by atoms with Crippen molar-refractivity contribution in [3.05, 3.63) is 29.8 Å². The van der Waals surface area contributed by atoms with Crippen molar-refractivity contribution < 1.29 is 0 Å². The summed E-state index contributed by atoms with van der Waals surface area (Å²) >= 11 is -2.41. The van der Waals surface area contributed by atoms with E-state index in [9.17, 15) is 5.26 Å². The molecule has 0 heterocycles. The third-order valence-electron chi connectivity index (χ3n) is 4.65. The van der Waals surface area contributed by atoms with Crippen molar-refractivity contribution in [3.8, 4) is 6.07 Å². The molecule has 0 aliphatic carbocycles. The topological polar surface area (TPSA) is 23.8 Å². The fourth-order valence-electron chi connectivity index (χ4n) is 3.37. The number of nitriles is 1. The summed E-state index contributed by atoms with van der Waals surface area (Å²) in [6, 6.07) is 11.0. The molecule has 0 atom stereocenters. The van der Waals surface area contributed by atoms with E-state index in [4.69, 9.17) is 0 Å². The van der Waals surface area contributed by atoms with Crippen LogP contribution in [-0.4, -0.2) is 18.4 Å². The van der Waals surface area contributed by atoms with Crippen LogP contribution in [0.4, 0.5) is 0 Å². The first-order valence-corrected chi connectivity index (χ1v) is 16.2. The van der Waals surface area contributed by atoms with Crippen LogP contribution in [0.2, 0.25) is 13.3 Å². The van der Waals surface area contributed by atoms with Gasteiger partial charge in [0.25, 0.3) is 0 Å². The number of nitrogens with zero attached hydrogens (tertiary/aromatic N) is 1. The van der Waals surface area contributed by atoms with Gasteiger partial charge in [-0.2, -0.15) is 0 Å². The van der Waals surface area contributed by atoms with Gasteiger partial charge in [-0.05, 0) is 0 Å². The van der Waals surface area contributed by atoms with Crippen molar-refractivity contribution in [1.29, 1.82) is 5.26 Å². The van der Waals surface area contributed by atoms with Crippen molar-refractivity contribution in [3.63, 3.8) is 0 Å². The molecule has 0 aliphatic rings. The SMILES string of the molecule is CCC[CH2][Sn]([CH2]CCC)([CH2]CCC)[c]1ccccc1C#N. The Bertz CT molecular complexity index is 425. The molecular formula is C19H31NSn. The third-order valence-corrected chi connectivity index (χ3v) is 20.4. The van der Waals surface area contributed by atoms with Crippen molar-refractivity contribution >= 4 is 22.0 Å². The van der Waals surface area contributed by atoms with E-state index in [1.54, 1.807) is 0 Å². The first kappa shape index (κ1) is 18.6. The molecule has 0 N–H and O–H groups in total. The van der Waals surface area contributed by atoms with Gasteiger partial charge in [0.15, 0.2) is 0 Å². The molecule has 1 rings (SSSR count). The van der Waals surface area contributed by atoms with Crippen molar-refractivity contribution in [2.24, 2.45) is 0 Å². The van der Waals surface area contributed by atoms with E-state index in [2.05, 4.69) is 39.0 Å². The molecule has 1 nitrogen and oxygen atoms in total. The van der Waals surface area contributed by atoms with Gasteiger partial charge in [0.1, 0.15) is 0 Å². The second-order valence-electron chi connectivity index (χ2n) is 6.25. The summed E-state index contributed by atoms with van der Waals surface area (Å²) in [5.41, 5.74) is 0.983. The molecular weight excluding hydrogens is 361 g/mol. The van der Waals surface area contributed by atoms with E-state index >= 15 is 0 Å². The Labute approximate surface area is 135 Å². The molecule has 0 spiro atoms. The summed E-state index contributed by atoms with van der Waals surface area (Å²) in [6.07, 6.45) is 7.90. The average Bonchev–Trinajstić information content (AvgIpc) is 2.54. The quantitative estimate of drug-likeness (QED) is 0.475. The zero-order chi connectivity index (χ0) is 15.6. The molecule has 0 amide bonds. The average molecular weight is 392 g/mol. The Kier molecular flexibility index (Phi) is 9.08. The van der Waals surface area contributed by atoms with Crippen LogP contribution in [0.3, 0.4) is 0 Å². The minimum absolute atomic E-state index is 0.983. The first-order valence-electron chi connectivity index (χ1n) is 8.73. The Morgan fingerprint density at radius 1 is 0.857 bits per heavy atom. The van der Waals surface area contributed by atoms with Crippen LogP contribution in [0.15, 0.2) is 24.3 Å². The van der Waals surface area contributed by atoms with Crippen LogP contribution in [0, 0.1) is 11.3 Å². The molecule has 116 valence electrons. The van der Waals surface area contributed by atoms with Crippen LogP contribution >= 0.6 is 0 Å². The van der Waals surface area contributed by atoms with E-state index in [0.29, 0.717) is 0 Å². The maximum absolute atomic E-state index is 9.54. The van der Waals surface area contributed by atoms with Crippen molar-refractivity contribution in [2.75, 3.05) is 0 Å². The molecule has 0 fully saturated rings. The summed E-state index contributed by atoms with van der Waals surface area (Å²) in [5.74, 6) is 0. The molecule has 2 heteroatoms. The predicted molar refractivity (Wildman–Crippen MR) is 95.7 cm³/mol. The summed E-state index contributed by atoms with van der Waals surface area (Å²) < 4.78 is 5.82.